The summed E-state index contributed by atoms with van der Waals surface area (Å²) in [6.07, 6.45) is 2.18. The average Bonchev–Trinajstić information content (AvgIpc) is 2.03. The molecule has 1 heterocycles. The monoisotopic (exact) mass is 231 g/mol. The minimum absolute atomic E-state index is 0.0926. The molecule has 0 aromatic rings. The van der Waals surface area contributed by atoms with Gasteiger partial charge < -0.3 is 0 Å². The number of alkyl halides is 3. The van der Waals surface area contributed by atoms with Crippen LogP contribution in [0.1, 0.15) is 6.42 Å². The molecule has 0 spiro atoms. The van der Waals surface area contributed by atoms with Gasteiger partial charge in [0.1, 0.15) is 6.23 Å². The van der Waals surface area contributed by atoms with Crippen LogP contribution in [0, 0.1) is 0 Å². The fourth-order valence-corrected chi connectivity index (χ4v) is 1.43. The fourth-order valence-electron chi connectivity index (χ4n) is 0.867. The van der Waals surface area contributed by atoms with Crippen LogP contribution in [0.5, 0.6) is 0 Å². The van der Waals surface area contributed by atoms with Crippen LogP contribution in [0.2, 0.25) is 0 Å². The van der Waals surface area contributed by atoms with Crippen LogP contribution in [-0.2, 0) is 14.3 Å². The van der Waals surface area contributed by atoms with Crippen molar-refractivity contribution in [3.8, 4) is 0 Å². The highest BCUT2D eigenvalue weighted by Crippen LogP contribution is 2.26. The first-order chi connectivity index (χ1) is 6.33. The molecule has 0 bridgehead atoms. The van der Waals surface area contributed by atoms with Crippen molar-refractivity contribution < 1.29 is 25.8 Å². The standard InChI is InChI=1S/C6H8F3NO3S/c7-6(8,9)14(11,12)13-5-3-1-2-4-10-5/h1-2,5,10H,3-4H2. The first-order valence-electron chi connectivity index (χ1n) is 3.71. The van der Waals surface area contributed by atoms with Crippen molar-refractivity contribution in [2.45, 2.75) is 18.2 Å². The molecule has 0 amide bonds. The van der Waals surface area contributed by atoms with Gasteiger partial charge in [0.25, 0.3) is 0 Å². The molecule has 82 valence electrons. The molecule has 0 saturated carbocycles. The molecule has 0 aromatic heterocycles. The highest BCUT2D eigenvalue weighted by Gasteiger charge is 2.48. The summed E-state index contributed by atoms with van der Waals surface area (Å²) < 4.78 is 60.4. The number of halogens is 3. The summed E-state index contributed by atoms with van der Waals surface area (Å²) in [6, 6.07) is 0. The van der Waals surface area contributed by atoms with Gasteiger partial charge in [0.2, 0.25) is 0 Å². The van der Waals surface area contributed by atoms with Crippen LogP contribution in [0.25, 0.3) is 0 Å². The Labute approximate surface area is 78.9 Å². The topological polar surface area (TPSA) is 55.4 Å². The first kappa shape index (κ1) is 11.5. The van der Waals surface area contributed by atoms with Crippen LogP contribution in [0.15, 0.2) is 12.2 Å². The second kappa shape index (κ2) is 3.87. The lowest BCUT2D eigenvalue weighted by molar-refractivity contribution is -0.0584. The van der Waals surface area contributed by atoms with Crippen molar-refractivity contribution in [3.63, 3.8) is 0 Å². The third-order valence-electron chi connectivity index (χ3n) is 1.51. The number of hydrogen-bond donors (Lipinski definition) is 1. The van der Waals surface area contributed by atoms with Gasteiger partial charge in [0.05, 0.1) is 0 Å². The molecule has 8 heteroatoms. The van der Waals surface area contributed by atoms with E-state index in [1.54, 1.807) is 12.2 Å². The minimum atomic E-state index is -5.49. The largest absolute Gasteiger partial charge is 0.523 e. The van der Waals surface area contributed by atoms with E-state index < -0.39 is 21.9 Å². The maximum atomic E-state index is 11.8. The SMILES string of the molecule is O=S(=O)(OC1CC=CCN1)C(F)(F)F. The van der Waals surface area contributed by atoms with Gasteiger partial charge in [-0.1, -0.05) is 12.2 Å². The van der Waals surface area contributed by atoms with Crippen LogP contribution >= 0.6 is 0 Å². The van der Waals surface area contributed by atoms with E-state index in [1.807, 2.05) is 0 Å². The number of nitrogens with one attached hydrogen (secondary N) is 1. The summed E-state index contributed by atoms with van der Waals surface area (Å²) in [6.45, 7) is 0.290. The first-order valence-corrected chi connectivity index (χ1v) is 5.12. The lowest BCUT2D eigenvalue weighted by Gasteiger charge is -2.20. The Morgan fingerprint density at radius 1 is 1.36 bits per heavy atom. The molecule has 0 radical (unpaired) electrons. The Morgan fingerprint density at radius 3 is 2.43 bits per heavy atom. The third kappa shape index (κ3) is 2.69. The summed E-state index contributed by atoms with van der Waals surface area (Å²) >= 11 is 0. The Balaban J connectivity index is 2.64. The third-order valence-corrected chi connectivity index (χ3v) is 2.56. The summed E-state index contributed by atoms with van der Waals surface area (Å²) in [7, 11) is -5.49. The van der Waals surface area contributed by atoms with Crippen molar-refractivity contribution in [1.82, 2.24) is 5.32 Å². The minimum Gasteiger partial charge on any atom is -0.287 e. The zero-order valence-corrected chi connectivity index (χ0v) is 7.73. The molecule has 0 saturated heterocycles. The normalized spacial score (nSPS) is 23.8. The van der Waals surface area contributed by atoms with E-state index in [0.29, 0.717) is 0 Å². The lowest BCUT2D eigenvalue weighted by Crippen LogP contribution is -2.39. The molecule has 1 unspecified atom stereocenters. The van der Waals surface area contributed by atoms with Gasteiger partial charge in [0, 0.05) is 13.0 Å². The molecule has 1 rings (SSSR count). The smallest absolute Gasteiger partial charge is 0.287 e. The molecular formula is C6H8F3NO3S. The van der Waals surface area contributed by atoms with Gasteiger partial charge in [-0.2, -0.15) is 21.6 Å². The quantitative estimate of drug-likeness (QED) is 0.432. The van der Waals surface area contributed by atoms with Crippen LogP contribution < -0.4 is 5.32 Å². The molecule has 1 aliphatic heterocycles. The van der Waals surface area contributed by atoms with Crippen molar-refractivity contribution in [2.75, 3.05) is 6.54 Å². The van der Waals surface area contributed by atoms with Crippen LogP contribution in [0.4, 0.5) is 13.2 Å². The molecule has 4 nitrogen and oxygen atoms in total. The lowest BCUT2D eigenvalue weighted by atomic mass is 10.3. The van der Waals surface area contributed by atoms with Crippen molar-refractivity contribution in [1.29, 1.82) is 0 Å². The zero-order chi connectivity index (χ0) is 10.8. The Bertz CT molecular complexity index is 322. The van der Waals surface area contributed by atoms with Gasteiger partial charge in [-0.05, 0) is 0 Å². The molecule has 0 fully saturated rings. The second-order valence-electron chi connectivity index (χ2n) is 2.60. The molecule has 14 heavy (non-hydrogen) atoms. The van der Waals surface area contributed by atoms with Gasteiger partial charge in [-0.25, -0.2) is 4.18 Å². The van der Waals surface area contributed by atoms with Gasteiger partial charge in [-0.15, -0.1) is 0 Å². The fraction of sp³-hybridized carbons (Fsp3) is 0.667. The van der Waals surface area contributed by atoms with E-state index in [4.69, 9.17) is 0 Å². The summed E-state index contributed by atoms with van der Waals surface area (Å²) in [5.41, 5.74) is -5.37. The summed E-state index contributed by atoms with van der Waals surface area (Å²) in [5.74, 6) is 0. The van der Waals surface area contributed by atoms with E-state index >= 15 is 0 Å². The van der Waals surface area contributed by atoms with Crippen molar-refractivity contribution >= 4 is 10.1 Å². The van der Waals surface area contributed by atoms with Gasteiger partial charge >= 0.3 is 15.6 Å². The predicted molar refractivity (Wildman–Crippen MR) is 41.6 cm³/mol. The molecule has 1 aliphatic rings. The second-order valence-corrected chi connectivity index (χ2v) is 4.16. The zero-order valence-electron chi connectivity index (χ0n) is 6.91. The van der Waals surface area contributed by atoms with E-state index in [9.17, 15) is 21.6 Å². The highest BCUT2D eigenvalue weighted by molar-refractivity contribution is 7.87. The average molecular weight is 231 g/mol. The van der Waals surface area contributed by atoms with E-state index in [-0.39, 0.29) is 13.0 Å². The Hall–Kier alpha value is -0.600. The molecule has 0 aliphatic carbocycles. The Morgan fingerprint density at radius 2 is 2.00 bits per heavy atom. The van der Waals surface area contributed by atoms with E-state index in [0.717, 1.165) is 0 Å². The van der Waals surface area contributed by atoms with E-state index in [2.05, 4.69) is 9.50 Å². The van der Waals surface area contributed by atoms with Crippen molar-refractivity contribution in [2.24, 2.45) is 0 Å². The molecule has 0 aromatic carbocycles. The highest BCUT2D eigenvalue weighted by atomic mass is 32.2. The number of rotatable bonds is 2. The van der Waals surface area contributed by atoms with E-state index in [1.165, 1.54) is 0 Å². The molecular weight excluding hydrogens is 223 g/mol. The van der Waals surface area contributed by atoms with Crippen LogP contribution in [-0.4, -0.2) is 26.7 Å². The number of hydrogen-bond acceptors (Lipinski definition) is 4. The Kier molecular flexibility index (Phi) is 3.17. The van der Waals surface area contributed by atoms with Gasteiger partial charge in [-0.3, -0.25) is 5.32 Å². The summed E-state index contributed by atoms with van der Waals surface area (Å²) in [4.78, 5) is 0. The molecule has 1 atom stereocenters. The van der Waals surface area contributed by atoms with Crippen molar-refractivity contribution in [3.05, 3.63) is 12.2 Å². The maximum absolute atomic E-state index is 11.8. The maximum Gasteiger partial charge on any atom is 0.523 e. The van der Waals surface area contributed by atoms with Crippen LogP contribution in [0.3, 0.4) is 0 Å². The predicted octanol–water partition coefficient (Wildman–Crippen LogP) is 0.728. The molecule has 1 N–H and O–H groups in total. The van der Waals surface area contributed by atoms with Gasteiger partial charge in [0.15, 0.2) is 0 Å². The summed E-state index contributed by atoms with van der Waals surface area (Å²) in [5, 5.41) is 2.46.